The molecule has 2 aliphatic rings. The average molecular weight is 418 g/mol. The van der Waals surface area contributed by atoms with Crippen LogP contribution >= 0.6 is 0 Å². The summed E-state index contributed by atoms with van der Waals surface area (Å²) in [6.07, 6.45) is 3.63. The van der Waals surface area contributed by atoms with Crippen molar-refractivity contribution in [2.75, 3.05) is 46.9 Å². The van der Waals surface area contributed by atoms with Crippen molar-refractivity contribution < 1.29 is 14.3 Å². The smallest absolute Gasteiger partial charge is 0.234 e. The highest BCUT2D eigenvalue weighted by atomic mass is 16.5. The van der Waals surface area contributed by atoms with E-state index in [4.69, 9.17) is 9.47 Å². The van der Waals surface area contributed by atoms with Crippen LogP contribution in [0.15, 0.2) is 12.1 Å². The number of nitrogens with one attached hydrogen (secondary N) is 1. The molecule has 1 aliphatic heterocycles. The second-order valence-electron chi connectivity index (χ2n) is 9.13. The minimum atomic E-state index is 0.185. The number of piperazine rings is 1. The molecule has 1 aromatic carbocycles. The van der Waals surface area contributed by atoms with Crippen LogP contribution < -0.4 is 14.8 Å². The van der Waals surface area contributed by atoms with Crippen LogP contribution in [0.3, 0.4) is 0 Å². The maximum absolute atomic E-state index is 12.6. The van der Waals surface area contributed by atoms with Gasteiger partial charge in [-0.15, -0.1) is 0 Å². The first kappa shape index (κ1) is 22.9. The molecule has 3 rings (SSSR count). The van der Waals surface area contributed by atoms with Gasteiger partial charge in [-0.2, -0.15) is 0 Å². The number of methoxy groups -OCH3 is 2. The molecule has 2 fully saturated rings. The van der Waals surface area contributed by atoms with Crippen molar-refractivity contribution >= 4 is 5.91 Å². The summed E-state index contributed by atoms with van der Waals surface area (Å²) in [6, 6.07) is 4.47. The third-order valence-corrected chi connectivity index (χ3v) is 7.12. The molecule has 1 amide bonds. The fourth-order valence-electron chi connectivity index (χ4n) is 4.78. The Morgan fingerprint density at radius 2 is 1.67 bits per heavy atom. The number of aryl methyl sites for hydroxylation is 1. The predicted octanol–water partition coefficient (Wildman–Crippen LogP) is 3.07. The molecule has 3 atom stereocenters. The zero-order valence-corrected chi connectivity index (χ0v) is 19.4. The lowest BCUT2D eigenvalue weighted by Gasteiger charge is -2.37. The van der Waals surface area contributed by atoms with Gasteiger partial charge in [0.1, 0.15) is 0 Å². The van der Waals surface area contributed by atoms with E-state index in [1.54, 1.807) is 14.2 Å². The number of rotatable bonds is 7. The quantitative estimate of drug-likeness (QED) is 0.739. The monoisotopic (exact) mass is 417 g/mol. The molecule has 1 saturated heterocycles. The minimum absolute atomic E-state index is 0.185. The Labute approximate surface area is 181 Å². The third kappa shape index (κ3) is 5.67. The summed E-state index contributed by atoms with van der Waals surface area (Å²) in [4.78, 5) is 17.3. The molecular formula is C24H39N3O3. The second-order valence-corrected chi connectivity index (χ2v) is 9.13. The predicted molar refractivity (Wildman–Crippen MR) is 120 cm³/mol. The highest BCUT2D eigenvalue weighted by molar-refractivity contribution is 5.78. The molecule has 1 heterocycles. The SMILES string of the molecule is COc1cc(C)c(CN2CCN(CC(=O)N[C@H]3CCC[C@H](C)[C@@H]3C)CC2)cc1OC. The van der Waals surface area contributed by atoms with Gasteiger partial charge in [0.15, 0.2) is 11.5 Å². The largest absolute Gasteiger partial charge is 0.493 e. The Bertz CT molecular complexity index is 716. The summed E-state index contributed by atoms with van der Waals surface area (Å²) in [5.74, 6) is 3.01. The van der Waals surface area contributed by atoms with Crippen molar-refractivity contribution in [1.29, 1.82) is 0 Å². The first-order chi connectivity index (χ1) is 14.4. The third-order valence-electron chi connectivity index (χ3n) is 7.12. The summed E-state index contributed by atoms with van der Waals surface area (Å²) < 4.78 is 10.9. The molecule has 168 valence electrons. The molecule has 1 saturated carbocycles. The Hall–Kier alpha value is -1.79. The second kappa shape index (κ2) is 10.5. The number of benzene rings is 1. The molecule has 1 N–H and O–H groups in total. The zero-order chi connectivity index (χ0) is 21.7. The van der Waals surface area contributed by atoms with Crippen molar-refractivity contribution in [2.45, 2.75) is 52.6 Å². The van der Waals surface area contributed by atoms with Crippen LogP contribution in [0.5, 0.6) is 11.5 Å². The fraction of sp³-hybridized carbons (Fsp3) is 0.708. The molecule has 1 aliphatic carbocycles. The topological polar surface area (TPSA) is 54.0 Å². The Kier molecular flexibility index (Phi) is 8.00. The lowest BCUT2D eigenvalue weighted by molar-refractivity contribution is -0.124. The van der Waals surface area contributed by atoms with Gasteiger partial charge < -0.3 is 14.8 Å². The molecule has 0 radical (unpaired) electrons. The van der Waals surface area contributed by atoms with E-state index < -0.39 is 0 Å². The first-order valence-corrected chi connectivity index (χ1v) is 11.4. The number of hydrogen-bond acceptors (Lipinski definition) is 5. The first-order valence-electron chi connectivity index (χ1n) is 11.4. The highest BCUT2D eigenvalue weighted by Crippen LogP contribution is 2.31. The van der Waals surface area contributed by atoms with Crippen LogP contribution in [0.1, 0.15) is 44.2 Å². The molecule has 0 aromatic heterocycles. The number of carbonyl (C=O) groups is 1. The summed E-state index contributed by atoms with van der Waals surface area (Å²) in [6.45, 7) is 11.9. The molecular weight excluding hydrogens is 378 g/mol. The molecule has 6 heteroatoms. The van der Waals surface area contributed by atoms with Gasteiger partial charge in [0.25, 0.3) is 0 Å². The van der Waals surface area contributed by atoms with Gasteiger partial charge in [-0.05, 0) is 48.4 Å². The summed E-state index contributed by atoms with van der Waals surface area (Å²) in [5.41, 5.74) is 2.48. The van der Waals surface area contributed by atoms with Crippen molar-refractivity contribution in [3.05, 3.63) is 23.3 Å². The van der Waals surface area contributed by atoms with Crippen molar-refractivity contribution in [3.63, 3.8) is 0 Å². The Balaban J connectivity index is 1.46. The van der Waals surface area contributed by atoms with E-state index in [2.05, 4.69) is 42.0 Å². The van der Waals surface area contributed by atoms with Gasteiger partial charge in [-0.1, -0.05) is 26.7 Å². The standard InChI is InChI=1S/C24H39N3O3/c1-17-7-6-8-21(19(17)3)25-24(28)16-27-11-9-26(10-12-27)15-20-14-23(30-5)22(29-4)13-18(20)2/h13-14,17,19,21H,6-12,15-16H2,1-5H3,(H,25,28)/t17-,19-,21-/m0/s1. The zero-order valence-electron chi connectivity index (χ0n) is 19.4. The van der Waals surface area contributed by atoms with Crippen LogP contribution in [0, 0.1) is 18.8 Å². The number of ether oxygens (including phenoxy) is 2. The number of hydrogen-bond donors (Lipinski definition) is 1. The molecule has 1 aromatic rings. The summed E-state index contributed by atoms with van der Waals surface area (Å²) >= 11 is 0. The summed E-state index contributed by atoms with van der Waals surface area (Å²) in [5, 5.41) is 3.31. The van der Waals surface area contributed by atoms with Crippen LogP contribution in [0.4, 0.5) is 0 Å². The maximum atomic E-state index is 12.6. The van der Waals surface area contributed by atoms with Crippen LogP contribution in [-0.4, -0.2) is 68.7 Å². The fourth-order valence-corrected chi connectivity index (χ4v) is 4.78. The van der Waals surface area contributed by atoms with Gasteiger partial charge in [-0.3, -0.25) is 14.6 Å². The van der Waals surface area contributed by atoms with E-state index in [-0.39, 0.29) is 5.91 Å². The van der Waals surface area contributed by atoms with Crippen molar-refractivity contribution in [3.8, 4) is 11.5 Å². The molecule has 6 nitrogen and oxygen atoms in total. The average Bonchev–Trinajstić information content (AvgIpc) is 2.74. The maximum Gasteiger partial charge on any atom is 0.234 e. The molecule has 0 unspecified atom stereocenters. The normalized spacial score (nSPS) is 25.7. The lowest BCUT2D eigenvalue weighted by Crippen LogP contribution is -2.51. The number of carbonyl (C=O) groups excluding carboxylic acids is 1. The van der Waals surface area contributed by atoms with E-state index in [0.717, 1.165) is 50.6 Å². The van der Waals surface area contributed by atoms with E-state index in [9.17, 15) is 4.79 Å². The molecule has 0 spiro atoms. The number of amides is 1. The summed E-state index contributed by atoms with van der Waals surface area (Å²) in [7, 11) is 3.34. The lowest BCUT2D eigenvalue weighted by atomic mass is 9.78. The Morgan fingerprint density at radius 3 is 2.33 bits per heavy atom. The highest BCUT2D eigenvalue weighted by Gasteiger charge is 2.29. The molecule has 0 bridgehead atoms. The number of nitrogens with zero attached hydrogens (tertiary/aromatic N) is 2. The minimum Gasteiger partial charge on any atom is -0.493 e. The van der Waals surface area contributed by atoms with Gasteiger partial charge in [0, 0.05) is 38.8 Å². The van der Waals surface area contributed by atoms with E-state index in [1.165, 1.54) is 24.0 Å². The molecule has 30 heavy (non-hydrogen) atoms. The van der Waals surface area contributed by atoms with E-state index >= 15 is 0 Å². The van der Waals surface area contributed by atoms with Crippen LogP contribution in [0.25, 0.3) is 0 Å². The van der Waals surface area contributed by atoms with Gasteiger partial charge >= 0.3 is 0 Å². The van der Waals surface area contributed by atoms with Crippen molar-refractivity contribution in [1.82, 2.24) is 15.1 Å². The Morgan fingerprint density at radius 1 is 1.03 bits per heavy atom. The van der Waals surface area contributed by atoms with Crippen LogP contribution in [0.2, 0.25) is 0 Å². The van der Waals surface area contributed by atoms with Crippen molar-refractivity contribution in [2.24, 2.45) is 11.8 Å². The van der Waals surface area contributed by atoms with Crippen LogP contribution in [-0.2, 0) is 11.3 Å². The van der Waals surface area contributed by atoms with E-state index in [1.807, 2.05) is 6.07 Å². The van der Waals surface area contributed by atoms with Gasteiger partial charge in [0.2, 0.25) is 5.91 Å². The van der Waals surface area contributed by atoms with Gasteiger partial charge in [0.05, 0.1) is 20.8 Å². The van der Waals surface area contributed by atoms with E-state index in [0.29, 0.717) is 24.4 Å². The van der Waals surface area contributed by atoms with Gasteiger partial charge in [-0.25, -0.2) is 0 Å².